The number of nitrogens with zero attached hydrogens (tertiary/aromatic N) is 3. The maximum atomic E-state index is 11.7. The minimum absolute atomic E-state index is 0.0972. The molecule has 0 unspecified atom stereocenters. The van der Waals surface area contributed by atoms with E-state index in [4.69, 9.17) is 4.74 Å². The number of hydrogen-bond donors (Lipinski definition) is 2. The molecule has 0 radical (unpaired) electrons. The number of hydrogen-bond acceptors (Lipinski definition) is 6. The third-order valence-electron chi connectivity index (χ3n) is 5.72. The molecule has 1 amide bonds. The first kappa shape index (κ1) is 22.4. The van der Waals surface area contributed by atoms with E-state index in [0.717, 1.165) is 52.0 Å². The molecule has 0 spiro atoms. The first-order valence-corrected chi connectivity index (χ1v) is 11.5. The van der Waals surface area contributed by atoms with Crippen LogP contribution in [0.15, 0.2) is 61.1 Å². The highest BCUT2D eigenvalue weighted by atomic mass is 16.5. The maximum Gasteiger partial charge on any atom is 0.223 e. The summed E-state index contributed by atoms with van der Waals surface area (Å²) >= 11 is 0. The molecule has 0 aliphatic heterocycles. The predicted octanol–water partition coefficient (Wildman–Crippen LogP) is 5.06. The van der Waals surface area contributed by atoms with Crippen molar-refractivity contribution in [3.63, 3.8) is 0 Å². The topological polar surface area (TPSA) is 89.0 Å². The van der Waals surface area contributed by atoms with Gasteiger partial charge < -0.3 is 15.4 Å². The summed E-state index contributed by atoms with van der Waals surface area (Å²) in [5.41, 5.74) is 4.46. The van der Waals surface area contributed by atoms with Crippen LogP contribution in [0.3, 0.4) is 0 Å². The molecule has 174 valence electrons. The lowest BCUT2D eigenvalue weighted by molar-refractivity contribution is -0.122. The zero-order chi connectivity index (χ0) is 24.2. The summed E-state index contributed by atoms with van der Waals surface area (Å²) < 4.78 is 5.98. The van der Waals surface area contributed by atoms with Gasteiger partial charge >= 0.3 is 0 Å². The molecule has 7 nitrogen and oxygen atoms in total. The summed E-state index contributed by atoms with van der Waals surface area (Å²) in [6.45, 7) is 4.28. The van der Waals surface area contributed by atoms with Gasteiger partial charge in [0.1, 0.15) is 23.6 Å². The summed E-state index contributed by atoms with van der Waals surface area (Å²) in [6.07, 6.45) is 5.23. The number of aryl methyl sites for hydroxylation is 2. The van der Waals surface area contributed by atoms with Gasteiger partial charge in [-0.3, -0.25) is 9.78 Å². The van der Waals surface area contributed by atoms with Crippen molar-refractivity contribution >= 4 is 28.3 Å². The highest BCUT2D eigenvalue weighted by Crippen LogP contribution is 2.30. The lowest BCUT2D eigenvalue weighted by Crippen LogP contribution is -2.24. The van der Waals surface area contributed by atoms with E-state index in [-0.39, 0.29) is 11.8 Å². The number of nitrogens with one attached hydrogen (secondary N) is 2. The Morgan fingerprint density at radius 2 is 1.94 bits per heavy atom. The first-order valence-electron chi connectivity index (χ1n) is 11.5. The molecule has 2 aromatic carbocycles. The monoisotopic (exact) mass is 463 g/mol. The van der Waals surface area contributed by atoms with Gasteiger partial charge in [0.05, 0.1) is 18.3 Å². The van der Waals surface area contributed by atoms with Gasteiger partial charge in [-0.2, -0.15) is 0 Å². The molecule has 35 heavy (non-hydrogen) atoms. The summed E-state index contributed by atoms with van der Waals surface area (Å²) in [7, 11) is 0. The van der Waals surface area contributed by atoms with Crippen molar-refractivity contribution in [2.24, 2.45) is 5.92 Å². The second-order valence-electron chi connectivity index (χ2n) is 8.59. The quantitative estimate of drug-likeness (QED) is 0.389. The summed E-state index contributed by atoms with van der Waals surface area (Å²) in [4.78, 5) is 24.8. The molecule has 2 heterocycles. The molecule has 7 heteroatoms. The Bertz CT molecular complexity index is 1450. The molecule has 1 fully saturated rings. The van der Waals surface area contributed by atoms with Crippen LogP contribution < -0.4 is 15.4 Å². The maximum absolute atomic E-state index is 11.7. The van der Waals surface area contributed by atoms with Crippen LogP contribution in [-0.4, -0.2) is 27.4 Å². The van der Waals surface area contributed by atoms with Crippen molar-refractivity contribution in [3.8, 4) is 23.3 Å². The average molecular weight is 464 g/mol. The standard InChI is InChI=1S/C28H25N5O2/c1-18-14-22(9-12-26(18)35-23-10-5-19(2)30-16-23)33-27-24-15-20(6-11-25(24)31-17-32-27)4-3-13-29-28(34)21-7-8-21/h5-6,9-12,14-17,21H,7-8,13H2,1-2H3,(H,29,34)(H,31,32,33). The zero-order valence-corrected chi connectivity index (χ0v) is 19.6. The van der Waals surface area contributed by atoms with Crippen LogP contribution in [0, 0.1) is 31.6 Å². The molecular weight excluding hydrogens is 438 g/mol. The Hall–Kier alpha value is -4.44. The SMILES string of the molecule is Cc1ccc(Oc2ccc(Nc3ncnc4ccc(C#CCNC(=O)C5CC5)cc34)cc2C)cn1. The zero-order valence-electron chi connectivity index (χ0n) is 19.6. The lowest BCUT2D eigenvalue weighted by Gasteiger charge is -2.12. The van der Waals surface area contributed by atoms with Crippen molar-refractivity contribution in [2.45, 2.75) is 26.7 Å². The number of carbonyl (C=O) groups excluding carboxylic acids is 1. The van der Waals surface area contributed by atoms with Crippen LogP contribution in [0.1, 0.15) is 29.7 Å². The van der Waals surface area contributed by atoms with Gasteiger partial charge in [0.2, 0.25) is 5.91 Å². The van der Waals surface area contributed by atoms with Gasteiger partial charge in [0.15, 0.2) is 0 Å². The minimum Gasteiger partial charge on any atom is -0.455 e. The Kier molecular flexibility index (Phi) is 6.27. The van der Waals surface area contributed by atoms with Crippen molar-refractivity contribution in [1.82, 2.24) is 20.3 Å². The number of anilines is 2. The molecule has 0 atom stereocenters. The van der Waals surface area contributed by atoms with Crippen LogP contribution >= 0.6 is 0 Å². The highest BCUT2D eigenvalue weighted by Gasteiger charge is 2.28. The van der Waals surface area contributed by atoms with E-state index in [2.05, 4.69) is 37.4 Å². The van der Waals surface area contributed by atoms with E-state index in [9.17, 15) is 4.79 Å². The molecule has 2 N–H and O–H groups in total. The molecule has 1 saturated carbocycles. The summed E-state index contributed by atoms with van der Waals surface area (Å²) in [5.74, 6) is 8.58. The van der Waals surface area contributed by atoms with Crippen LogP contribution in [-0.2, 0) is 4.79 Å². The van der Waals surface area contributed by atoms with Crippen LogP contribution in [0.2, 0.25) is 0 Å². The predicted molar refractivity (Wildman–Crippen MR) is 136 cm³/mol. The largest absolute Gasteiger partial charge is 0.455 e. The Morgan fingerprint density at radius 1 is 1.06 bits per heavy atom. The van der Waals surface area contributed by atoms with E-state index in [1.807, 2.05) is 62.4 Å². The molecule has 2 aromatic heterocycles. The normalized spacial score (nSPS) is 12.5. The fourth-order valence-electron chi connectivity index (χ4n) is 3.62. The van der Waals surface area contributed by atoms with Crippen molar-refractivity contribution < 1.29 is 9.53 Å². The molecule has 0 bridgehead atoms. The van der Waals surface area contributed by atoms with E-state index in [1.165, 1.54) is 6.33 Å². The molecule has 1 aliphatic rings. The van der Waals surface area contributed by atoms with E-state index >= 15 is 0 Å². The Morgan fingerprint density at radius 3 is 2.71 bits per heavy atom. The number of ether oxygens (including phenoxy) is 1. The van der Waals surface area contributed by atoms with Gasteiger partial charge in [0, 0.05) is 28.2 Å². The van der Waals surface area contributed by atoms with Gasteiger partial charge in [0.25, 0.3) is 0 Å². The van der Waals surface area contributed by atoms with Crippen molar-refractivity contribution in [3.05, 3.63) is 77.9 Å². The molecule has 5 rings (SSSR count). The Balaban J connectivity index is 1.32. The highest BCUT2D eigenvalue weighted by molar-refractivity contribution is 5.91. The summed E-state index contributed by atoms with van der Waals surface area (Å²) in [6, 6.07) is 15.5. The number of amides is 1. The van der Waals surface area contributed by atoms with Gasteiger partial charge in [-0.1, -0.05) is 11.8 Å². The lowest BCUT2D eigenvalue weighted by atomic mass is 10.1. The smallest absolute Gasteiger partial charge is 0.223 e. The molecule has 4 aromatic rings. The average Bonchev–Trinajstić information content (AvgIpc) is 3.71. The van der Waals surface area contributed by atoms with Crippen LogP contribution in [0.25, 0.3) is 10.9 Å². The third-order valence-corrected chi connectivity index (χ3v) is 5.72. The number of pyridine rings is 1. The minimum atomic E-state index is 0.0972. The van der Waals surface area contributed by atoms with E-state index < -0.39 is 0 Å². The Labute approximate surface area is 204 Å². The van der Waals surface area contributed by atoms with Gasteiger partial charge in [-0.15, -0.1) is 0 Å². The van der Waals surface area contributed by atoms with Crippen LogP contribution in [0.4, 0.5) is 11.5 Å². The van der Waals surface area contributed by atoms with E-state index in [0.29, 0.717) is 18.1 Å². The van der Waals surface area contributed by atoms with Gasteiger partial charge in [-0.25, -0.2) is 9.97 Å². The fourth-order valence-corrected chi connectivity index (χ4v) is 3.62. The number of fused-ring (bicyclic) bond motifs is 1. The number of benzene rings is 2. The molecular formula is C28H25N5O2. The van der Waals surface area contributed by atoms with Gasteiger partial charge in [-0.05, 0) is 80.8 Å². The second-order valence-corrected chi connectivity index (χ2v) is 8.59. The summed E-state index contributed by atoms with van der Waals surface area (Å²) in [5, 5.41) is 7.12. The fraction of sp³-hybridized carbons (Fsp3) is 0.214. The number of aromatic nitrogens is 3. The first-order chi connectivity index (χ1) is 17.0. The molecule has 0 saturated heterocycles. The van der Waals surface area contributed by atoms with Crippen molar-refractivity contribution in [1.29, 1.82) is 0 Å². The third kappa shape index (κ3) is 5.56. The second kappa shape index (κ2) is 9.82. The molecule has 1 aliphatic carbocycles. The van der Waals surface area contributed by atoms with Crippen LogP contribution in [0.5, 0.6) is 11.5 Å². The number of rotatable bonds is 6. The van der Waals surface area contributed by atoms with Crippen molar-refractivity contribution in [2.75, 3.05) is 11.9 Å². The number of carbonyl (C=O) groups is 1. The van der Waals surface area contributed by atoms with E-state index in [1.54, 1.807) is 6.20 Å².